The van der Waals surface area contributed by atoms with E-state index < -0.39 is 52.1 Å². The van der Waals surface area contributed by atoms with Crippen LogP contribution in [0.2, 0.25) is 0 Å². The first-order valence-electron chi connectivity index (χ1n) is 5.25. The van der Waals surface area contributed by atoms with Gasteiger partial charge in [0.1, 0.15) is 0 Å². The van der Waals surface area contributed by atoms with Crippen molar-refractivity contribution in [2.45, 2.75) is 30.4 Å². The van der Waals surface area contributed by atoms with E-state index in [1.54, 1.807) is 0 Å². The monoisotopic (exact) mass is 387 g/mol. The minimum atomic E-state index is -7.21. The summed E-state index contributed by atoms with van der Waals surface area (Å²) in [4.78, 5) is 0. The van der Waals surface area contributed by atoms with Crippen LogP contribution in [-0.4, -0.2) is 63.8 Å². The van der Waals surface area contributed by atoms with Crippen LogP contribution in [0.1, 0.15) is 0 Å². The number of rotatable bonds is 8. The van der Waals surface area contributed by atoms with Gasteiger partial charge in [0.2, 0.25) is 10.9 Å². The average molecular weight is 387 g/mol. The number of nitrogens with zero attached hydrogens (tertiary/aromatic N) is 1. The number of thiol groups is 1. The van der Waals surface area contributed by atoms with Crippen LogP contribution in [0.25, 0.3) is 0 Å². The Morgan fingerprint density at radius 1 is 0.870 bits per heavy atom. The first kappa shape index (κ1) is 22.2. The minimum absolute atomic E-state index is 0.755. The second-order valence-electron chi connectivity index (χ2n) is 3.91. The molecule has 0 unspecified atom stereocenters. The lowest BCUT2D eigenvalue weighted by Gasteiger charge is -2.37. The fraction of sp³-hybridized carbons (Fsp3) is 1.00. The van der Waals surface area contributed by atoms with Crippen LogP contribution in [0.15, 0.2) is 0 Å². The van der Waals surface area contributed by atoms with E-state index >= 15 is 0 Å². The summed E-state index contributed by atoms with van der Waals surface area (Å²) in [6.07, 6.45) is -8.98. The van der Waals surface area contributed by atoms with Crippen molar-refractivity contribution in [3.63, 3.8) is 0 Å². The van der Waals surface area contributed by atoms with Gasteiger partial charge in [-0.05, 0) is 0 Å². The van der Waals surface area contributed by atoms with Crippen LogP contribution in [-0.2, 0) is 20.4 Å². The van der Waals surface area contributed by atoms with Gasteiger partial charge in [0.25, 0.3) is 0 Å². The van der Waals surface area contributed by atoms with E-state index in [2.05, 4.69) is 9.47 Å². The highest BCUT2D eigenvalue weighted by Gasteiger charge is 2.83. The number of alkyl halides is 9. The zero-order valence-corrected chi connectivity index (χ0v) is 12.1. The van der Waals surface area contributed by atoms with E-state index in [0.717, 1.165) is 14.2 Å². The van der Waals surface area contributed by atoms with Crippen LogP contribution < -0.4 is 0 Å². The largest absolute Gasteiger partial charge is 0.460 e. The number of methoxy groups -OCH3 is 2. The fourth-order valence-electron chi connectivity index (χ4n) is 1.20. The van der Waals surface area contributed by atoms with E-state index in [-0.39, 0.29) is 0 Å². The topological polar surface area (TPSA) is 55.8 Å². The van der Waals surface area contributed by atoms with Crippen LogP contribution in [0.3, 0.4) is 0 Å². The molecule has 0 aromatic heterocycles. The molecule has 0 aliphatic heterocycles. The molecule has 0 bridgehead atoms. The number of hydrogen-bond acceptors (Lipinski definition) is 4. The van der Waals surface area contributed by atoms with Crippen molar-refractivity contribution >= 4 is 10.9 Å². The van der Waals surface area contributed by atoms with Crippen molar-refractivity contribution < 1.29 is 57.4 Å². The molecule has 140 valence electrons. The number of hydrogen-bond donors (Lipinski definition) is 1. The SMILES string of the molecule is COC(CN([SH](=O)=O)C(F)(F)C(F)(F)C(F)(F)C(F)(F)F)OC. The van der Waals surface area contributed by atoms with Gasteiger partial charge in [-0.3, -0.25) is 0 Å². The maximum absolute atomic E-state index is 13.5. The highest BCUT2D eigenvalue weighted by Crippen LogP contribution is 2.54. The highest BCUT2D eigenvalue weighted by molar-refractivity contribution is 7.69. The van der Waals surface area contributed by atoms with Crippen molar-refractivity contribution in [2.24, 2.45) is 0 Å². The molecule has 0 aromatic carbocycles. The zero-order valence-electron chi connectivity index (χ0n) is 11.2. The van der Waals surface area contributed by atoms with Crippen molar-refractivity contribution in [3.05, 3.63) is 0 Å². The summed E-state index contributed by atoms with van der Waals surface area (Å²) in [6.45, 7) is -1.76. The molecular formula is C8H10F9NO4S. The molecular weight excluding hydrogens is 377 g/mol. The summed E-state index contributed by atoms with van der Waals surface area (Å²) in [5.74, 6) is -14.3. The summed E-state index contributed by atoms with van der Waals surface area (Å²) in [5.41, 5.74) is 0. The summed E-state index contributed by atoms with van der Waals surface area (Å²) < 4.78 is 143. The van der Waals surface area contributed by atoms with Crippen molar-refractivity contribution in [2.75, 3.05) is 20.8 Å². The molecule has 0 amide bonds. The van der Waals surface area contributed by atoms with Gasteiger partial charge in [-0.15, -0.1) is 4.31 Å². The molecule has 15 heteroatoms. The van der Waals surface area contributed by atoms with Gasteiger partial charge in [-0.1, -0.05) is 0 Å². The number of ether oxygens (including phenoxy) is 2. The maximum atomic E-state index is 13.5. The zero-order chi connectivity index (χ0) is 18.9. The molecule has 0 saturated carbocycles. The molecule has 0 spiro atoms. The van der Waals surface area contributed by atoms with Crippen LogP contribution in [0.5, 0.6) is 0 Å². The first-order valence-corrected chi connectivity index (χ1v) is 6.38. The smallest absolute Gasteiger partial charge is 0.354 e. The second-order valence-corrected chi connectivity index (χ2v) is 4.87. The molecule has 5 nitrogen and oxygen atoms in total. The van der Waals surface area contributed by atoms with Gasteiger partial charge in [-0.25, -0.2) is 8.42 Å². The molecule has 0 aromatic rings. The Kier molecular flexibility index (Phi) is 6.74. The summed E-state index contributed by atoms with van der Waals surface area (Å²) in [5, 5.41) is 0. The van der Waals surface area contributed by atoms with Crippen LogP contribution in [0, 0.1) is 0 Å². The lowest BCUT2D eigenvalue weighted by Crippen LogP contribution is -2.66. The summed E-state index contributed by atoms with van der Waals surface area (Å²) in [7, 11) is -3.19. The van der Waals surface area contributed by atoms with Gasteiger partial charge >= 0.3 is 24.1 Å². The molecule has 0 radical (unpaired) electrons. The Morgan fingerprint density at radius 3 is 1.52 bits per heavy atom. The molecule has 0 heterocycles. The van der Waals surface area contributed by atoms with Crippen molar-refractivity contribution in [1.29, 1.82) is 0 Å². The van der Waals surface area contributed by atoms with E-state index in [9.17, 15) is 47.9 Å². The van der Waals surface area contributed by atoms with Gasteiger partial charge in [0, 0.05) is 14.2 Å². The number of halogens is 9. The third kappa shape index (κ3) is 4.00. The van der Waals surface area contributed by atoms with Gasteiger partial charge in [0.15, 0.2) is 6.29 Å². The molecule has 0 N–H and O–H groups in total. The third-order valence-corrected chi connectivity index (χ3v) is 3.31. The lowest BCUT2D eigenvalue weighted by atomic mass is 10.1. The molecule has 23 heavy (non-hydrogen) atoms. The Bertz CT molecular complexity index is 467. The molecule has 0 aliphatic rings. The molecule has 0 rings (SSSR count). The average Bonchev–Trinajstić information content (AvgIpc) is 2.37. The van der Waals surface area contributed by atoms with Gasteiger partial charge in [-0.2, -0.15) is 39.5 Å². The molecule has 0 atom stereocenters. The summed E-state index contributed by atoms with van der Waals surface area (Å²) in [6, 6.07) is -6.42. The fourth-order valence-corrected chi connectivity index (χ4v) is 1.80. The predicted octanol–water partition coefficient (Wildman–Crippen LogP) is 1.86. The lowest BCUT2D eigenvalue weighted by molar-refractivity contribution is -0.412. The van der Waals surface area contributed by atoms with Gasteiger partial charge in [0.05, 0.1) is 6.54 Å². The van der Waals surface area contributed by atoms with Crippen molar-refractivity contribution in [1.82, 2.24) is 4.31 Å². The molecule has 0 aliphatic carbocycles. The van der Waals surface area contributed by atoms with E-state index in [0.29, 0.717) is 0 Å². The Balaban J connectivity index is 5.96. The Morgan fingerprint density at radius 2 is 1.26 bits per heavy atom. The van der Waals surface area contributed by atoms with Crippen molar-refractivity contribution in [3.8, 4) is 0 Å². The first-order chi connectivity index (χ1) is 10.1. The van der Waals surface area contributed by atoms with Crippen LogP contribution >= 0.6 is 0 Å². The predicted molar refractivity (Wildman–Crippen MR) is 55.7 cm³/mol. The molecule has 0 saturated heterocycles. The minimum Gasteiger partial charge on any atom is -0.354 e. The van der Waals surface area contributed by atoms with Crippen LogP contribution in [0.4, 0.5) is 39.5 Å². The third-order valence-electron chi connectivity index (χ3n) is 2.50. The Labute approximate surface area is 125 Å². The molecule has 0 fully saturated rings. The maximum Gasteiger partial charge on any atom is 0.460 e. The van der Waals surface area contributed by atoms with Gasteiger partial charge < -0.3 is 9.47 Å². The normalized spacial score (nSPS) is 15.0. The van der Waals surface area contributed by atoms with E-state index in [4.69, 9.17) is 0 Å². The standard InChI is InChI=1S/C8H10F9NO4S/c1-21-4(22-2)3-18(23(19)20)8(16,17)6(11,12)5(9,10)7(13,14)15/h4,23H,3H2,1-2H3. The quantitative estimate of drug-likeness (QED) is 0.299. The summed E-state index contributed by atoms with van der Waals surface area (Å²) >= 11 is 0. The second kappa shape index (κ2) is 6.98. The van der Waals surface area contributed by atoms with E-state index in [1.807, 2.05) is 0 Å². The highest BCUT2D eigenvalue weighted by atomic mass is 32.2. The van der Waals surface area contributed by atoms with E-state index in [1.165, 1.54) is 0 Å². The Hall–Kier alpha value is -0.800.